The molecule has 0 aliphatic heterocycles. The smallest absolute Gasteiger partial charge is 0.259 e. The van der Waals surface area contributed by atoms with Crippen LogP contribution in [0.4, 0.5) is 5.88 Å². The van der Waals surface area contributed by atoms with Crippen molar-refractivity contribution in [2.45, 2.75) is 33.2 Å². The largest absolute Gasteiger partial charge is 0.460 e. The zero-order valence-electron chi connectivity index (χ0n) is 11.2. The van der Waals surface area contributed by atoms with E-state index in [4.69, 9.17) is 14.7 Å². The van der Waals surface area contributed by atoms with Crippen LogP contribution in [0.3, 0.4) is 0 Å². The van der Waals surface area contributed by atoms with E-state index >= 15 is 0 Å². The SMILES string of the molecule is CCC(C)NC(=O)c1c(-c2ccc(C)o2)noc1N. The molecule has 6 nitrogen and oxygen atoms in total. The normalized spacial score (nSPS) is 12.4. The number of amides is 1. The molecule has 3 N–H and O–H groups in total. The first-order valence-corrected chi connectivity index (χ1v) is 6.15. The molecule has 0 radical (unpaired) electrons. The second-order valence-electron chi connectivity index (χ2n) is 4.46. The highest BCUT2D eigenvalue weighted by atomic mass is 16.5. The number of carbonyl (C=O) groups excluding carboxylic acids is 1. The first-order valence-electron chi connectivity index (χ1n) is 6.15. The predicted octanol–water partition coefficient (Wildman–Crippen LogP) is 2.35. The van der Waals surface area contributed by atoms with Crippen LogP contribution in [0.1, 0.15) is 36.4 Å². The lowest BCUT2D eigenvalue weighted by Gasteiger charge is -2.10. The topological polar surface area (TPSA) is 94.3 Å². The third kappa shape index (κ3) is 2.62. The number of furan rings is 1. The Morgan fingerprint density at radius 2 is 2.26 bits per heavy atom. The fraction of sp³-hybridized carbons (Fsp3) is 0.385. The highest BCUT2D eigenvalue weighted by Gasteiger charge is 2.25. The van der Waals surface area contributed by atoms with Gasteiger partial charge < -0.3 is 20.0 Å². The Morgan fingerprint density at radius 1 is 1.53 bits per heavy atom. The van der Waals surface area contributed by atoms with Crippen LogP contribution in [0, 0.1) is 6.92 Å². The summed E-state index contributed by atoms with van der Waals surface area (Å²) in [6.45, 7) is 5.71. The summed E-state index contributed by atoms with van der Waals surface area (Å²) in [4.78, 5) is 12.2. The summed E-state index contributed by atoms with van der Waals surface area (Å²) in [6.07, 6.45) is 0.826. The molecule has 0 bridgehead atoms. The Morgan fingerprint density at radius 3 is 2.84 bits per heavy atom. The van der Waals surface area contributed by atoms with Crippen LogP contribution in [0.5, 0.6) is 0 Å². The van der Waals surface area contributed by atoms with Gasteiger partial charge in [-0.25, -0.2) is 0 Å². The van der Waals surface area contributed by atoms with Crippen LogP contribution in [0.15, 0.2) is 21.1 Å². The van der Waals surface area contributed by atoms with E-state index in [2.05, 4.69) is 10.5 Å². The van der Waals surface area contributed by atoms with E-state index < -0.39 is 0 Å². The van der Waals surface area contributed by atoms with Crippen molar-refractivity contribution in [3.05, 3.63) is 23.5 Å². The number of hydrogen-bond donors (Lipinski definition) is 2. The molecule has 0 aliphatic rings. The minimum absolute atomic E-state index is 0.00939. The van der Waals surface area contributed by atoms with E-state index in [1.807, 2.05) is 20.8 Å². The molecule has 0 saturated heterocycles. The van der Waals surface area contributed by atoms with Gasteiger partial charge in [0.15, 0.2) is 11.5 Å². The van der Waals surface area contributed by atoms with Crippen LogP contribution >= 0.6 is 0 Å². The van der Waals surface area contributed by atoms with Crippen LogP contribution in [0.2, 0.25) is 0 Å². The molecule has 0 saturated carbocycles. The number of carbonyl (C=O) groups is 1. The van der Waals surface area contributed by atoms with Crippen molar-refractivity contribution < 1.29 is 13.7 Å². The lowest BCUT2D eigenvalue weighted by molar-refractivity contribution is 0.0940. The van der Waals surface area contributed by atoms with Crippen molar-refractivity contribution in [3.63, 3.8) is 0 Å². The molecular weight excluding hydrogens is 246 g/mol. The van der Waals surface area contributed by atoms with Crippen molar-refractivity contribution >= 4 is 11.8 Å². The molecule has 102 valence electrons. The van der Waals surface area contributed by atoms with E-state index in [1.54, 1.807) is 12.1 Å². The molecule has 0 aromatic carbocycles. The quantitative estimate of drug-likeness (QED) is 0.883. The molecular formula is C13H17N3O3. The van der Waals surface area contributed by atoms with E-state index in [0.717, 1.165) is 12.2 Å². The molecule has 1 atom stereocenters. The Kier molecular flexibility index (Phi) is 3.59. The number of nitrogens with two attached hydrogens (primary N) is 1. The number of nitrogen functional groups attached to an aromatic ring is 1. The molecule has 0 spiro atoms. The zero-order valence-corrected chi connectivity index (χ0v) is 11.2. The molecule has 1 amide bonds. The van der Waals surface area contributed by atoms with Crippen LogP contribution in [0.25, 0.3) is 11.5 Å². The minimum atomic E-state index is -0.308. The molecule has 2 aromatic heterocycles. The molecule has 2 heterocycles. The Labute approximate surface area is 110 Å². The van der Waals surface area contributed by atoms with Crippen molar-refractivity contribution in [2.24, 2.45) is 0 Å². The van der Waals surface area contributed by atoms with Crippen LogP contribution < -0.4 is 11.1 Å². The van der Waals surface area contributed by atoms with Gasteiger partial charge in [-0.2, -0.15) is 0 Å². The summed E-state index contributed by atoms with van der Waals surface area (Å²) < 4.78 is 10.3. The third-order valence-corrected chi connectivity index (χ3v) is 2.91. The van der Waals surface area contributed by atoms with E-state index in [-0.39, 0.29) is 23.4 Å². The molecule has 0 aliphatic carbocycles. The molecule has 2 rings (SSSR count). The zero-order chi connectivity index (χ0) is 14.0. The van der Waals surface area contributed by atoms with Crippen LogP contribution in [-0.4, -0.2) is 17.1 Å². The average Bonchev–Trinajstić information content (AvgIpc) is 2.95. The van der Waals surface area contributed by atoms with Gasteiger partial charge in [0.1, 0.15) is 11.3 Å². The molecule has 19 heavy (non-hydrogen) atoms. The predicted molar refractivity (Wildman–Crippen MR) is 70.6 cm³/mol. The fourth-order valence-corrected chi connectivity index (χ4v) is 1.65. The lowest BCUT2D eigenvalue weighted by Crippen LogP contribution is -2.32. The Hall–Kier alpha value is -2.24. The number of aryl methyl sites for hydroxylation is 1. The summed E-state index contributed by atoms with van der Waals surface area (Å²) in [7, 11) is 0. The van der Waals surface area contributed by atoms with Crippen molar-refractivity contribution in [2.75, 3.05) is 5.73 Å². The third-order valence-electron chi connectivity index (χ3n) is 2.91. The standard InChI is InChI=1S/C13H17N3O3/c1-4-7(2)15-13(17)10-11(16-19-12(10)14)9-6-5-8(3)18-9/h5-7H,4,14H2,1-3H3,(H,15,17). The van der Waals surface area contributed by atoms with Gasteiger partial charge in [-0.3, -0.25) is 4.79 Å². The summed E-state index contributed by atoms with van der Waals surface area (Å²) in [5.41, 5.74) is 6.21. The highest BCUT2D eigenvalue weighted by molar-refractivity contribution is 6.03. The molecule has 6 heteroatoms. The number of rotatable bonds is 4. The molecule has 1 unspecified atom stereocenters. The van der Waals surface area contributed by atoms with Crippen molar-refractivity contribution in [1.82, 2.24) is 10.5 Å². The maximum Gasteiger partial charge on any atom is 0.259 e. The summed E-state index contributed by atoms with van der Waals surface area (Å²) in [5, 5.41) is 6.63. The number of aromatic nitrogens is 1. The van der Waals surface area contributed by atoms with Crippen LogP contribution in [-0.2, 0) is 0 Å². The van der Waals surface area contributed by atoms with Gasteiger partial charge in [0, 0.05) is 6.04 Å². The maximum atomic E-state index is 12.2. The van der Waals surface area contributed by atoms with Crippen molar-refractivity contribution in [3.8, 4) is 11.5 Å². The van der Waals surface area contributed by atoms with Gasteiger partial charge in [-0.1, -0.05) is 12.1 Å². The summed E-state index contributed by atoms with van der Waals surface area (Å²) in [5.74, 6) is 0.874. The Bertz CT molecular complexity index is 586. The fourth-order valence-electron chi connectivity index (χ4n) is 1.65. The van der Waals surface area contributed by atoms with Gasteiger partial charge >= 0.3 is 0 Å². The average molecular weight is 263 g/mol. The van der Waals surface area contributed by atoms with Gasteiger partial charge in [-0.15, -0.1) is 0 Å². The first-order chi connectivity index (χ1) is 9.02. The summed E-state index contributed by atoms with van der Waals surface area (Å²) in [6, 6.07) is 3.57. The van der Waals surface area contributed by atoms with E-state index in [0.29, 0.717) is 11.5 Å². The Balaban J connectivity index is 2.35. The number of hydrogen-bond acceptors (Lipinski definition) is 5. The monoisotopic (exact) mass is 263 g/mol. The lowest BCUT2D eigenvalue weighted by atomic mass is 10.1. The van der Waals surface area contributed by atoms with Gasteiger partial charge in [0.25, 0.3) is 5.91 Å². The van der Waals surface area contributed by atoms with Gasteiger partial charge in [0.2, 0.25) is 5.88 Å². The molecule has 2 aromatic rings. The molecule has 0 fully saturated rings. The van der Waals surface area contributed by atoms with Crippen molar-refractivity contribution in [1.29, 1.82) is 0 Å². The maximum absolute atomic E-state index is 12.2. The second kappa shape index (κ2) is 5.17. The van der Waals surface area contributed by atoms with Gasteiger partial charge in [-0.05, 0) is 32.4 Å². The summed E-state index contributed by atoms with van der Waals surface area (Å²) >= 11 is 0. The number of anilines is 1. The second-order valence-corrected chi connectivity index (χ2v) is 4.46. The number of nitrogens with zero attached hydrogens (tertiary/aromatic N) is 1. The number of nitrogens with one attached hydrogen (secondary N) is 1. The highest BCUT2D eigenvalue weighted by Crippen LogP contribution is 2.28. The van der Waals surface area contributed by atoms with E-state index in [9.17, 15) is 4.79 Å². The van der Waals surface area contributed by atoms with E-state index in [1.165, 1.54) is 0 Å². The van der Waals surface area contributed by atoms with Gasteiger partial charge in [0.05, 0.1) is 0 Å². The first kappa shape index (κ1) is 13.2. The minimum Gasteiger partial charge on any atom is -0.460 e.